The van der Waals surface area contributed by atoms with E-state index >= 15 is 0 Å². The summed E-state index contributed by atoms with van der Waals surface area (Å²) >= 11 is 1.22. The first-order valence-corrected chi connectivity index (χ1v) is 9.97. The number of nitrogens with zero attached hydrogens (tertiary/aromatic N) is 3. The van der Waals surface area contributed by atoms with Crippen LogP contribution < -0.4 is 9.47 Å². The highest BCUT2D eigenvalue weighted by Crippen LogP contribution is 2.28. The molecule has 0 radical (unpaired) electrons. The topological polar surface area (TPSA) is 77.7 Å². The second-order valence-electron chi connectivity index (χ2n) is 6.47. The van der Waals surface area contributed by atoms with Crippen LogP contribution in [0.4, 0.5) is 0 Å². The molecule has 0 N–H and O–H groups in total. The molecule has 0 fully saturated rings. The molecule has 0 bridgehead atoms. The van der Waals surface area contributed by atoms with Crippen molar-refractivity contribution in [1.29, 1.82) is 0 Å². The molecule has 0 saturated carbocycles. The standard InChI is InChI=1S/C21H23N3O4S/c1-14-6-5-7-16(10-14)20-22-23-21(28-20)29-13-19(25)24(2)12-15-8-9-17(26-3)18(11-15)27-4/h5-11H,12-13H2,1-4H3. The summed E-state index contributed by atoms with van der Waals surface area (Å²) in [5.74, 6) is 1.90. The predicted octanol–water partition coefficient (Wildman–Crippen LogP) is 3.81. The summed E-state index contributed by atoms with van der Waals surface area (Å²) in [6.45, 7) is 2.46. The molecule has 0 saturated heterocycles. The molecule has 2 aromatic carbocycles. The zero-order valence-electron chi connectivity index (χ0n) is 16.8. The third kappa shape index (κ3) is 5.29. The fourth-order valence-electron chi connectivity index (χ4n) is 2.74. The summed E-state index contributed by atoms with van der Waals surface area (Å²) in [6, 6.07) is 13.4. The molecule has 0 aliphatic carbocycles. The smallest absolute Gasteiger partial charge is 0.277 e. The normalized spacial score (nSPS) is 10.6. The van der Waals surface area contributed by atoms with E-state index in [4.69, 9.17) is 13.9 Å². The van der Waals surface area contributed by atoms with Crippen LogP contribution in [0.2, 0.25) is 0 Å². The molecule has 8 heteroatoms. The molecule has 29 heavy (non-hydrogen) atoms. The molecule has 152 valence electrons. The number of rotatable bonds is 8. The van der Waals surface area contributed by atoms with Gasteiger partial charge < -0.3 is 18.8 Å². The lowest BCUT2D eigenvalue weighted by molar-refractivity contribution is -0.127. The van der Waals surface area contributed by atoms with Crippen molar-refractivity contribution in [3.05, 3.63) is 53.6 Å². The quantitative estimate of drug-likeness (QED) is 0.520. The number of aromatic nitrogens is 2. The number of methoxy groups -OCH3 is 2. The summed E-state index contributed by atoms with van der Waals surface area (Å²) in [5.41, 5.74) is 2.92. The van der Waals surface area contributed by atoms with Gasteiger partial charge in [-0.1, -0.05) is 35.5 Å². The third-order valence-corrected chi connectivity index (χ3v) is 5.09. The van der Waals surface area contributed by atoms with Crippen molar-refractivity contribution in [1.82, 2.24) is 15.1 Å². The van der Waals surface area contributed by atoms with Crippen LogP contribution in [0.25, 0.3) is 11.5 Å². The maximum absolute atomic E-state index is 12.5. The minimum atomic E-state index is -0.0416. The van der Waals surface area contributed by atoms with E-state index in [9.17, 15) is 4.79 Å². The highest BCUT2D eigenvalue weighted by atomic mass is 32.2. The van der Waals surface area contributed by atoms with Gasteiger partial charge in [-0.2, -0.15) is 0 Å². The van der Waals surface area contributed by atoms with Gasteiger partial charge in [0.05, 0.1) is 20.0 Å². The van der Waals surface area contributed by atoms with E-state index in [2.05, 4.69) is 10.2 Å². The maximum Gasteiger partial charge on any atom is 0.277 e. The van der Waals surface area contributed by atoms with Crippen molar-refractivity contribution in [2.45, 2.75) is 18.7 Å². The molecule has 0 spiro atoms. The Morgan fingerprint density at radius 2 is 1.90 bits per heavy atom. The van der Waals surface area contributed by atoms with E-state index in [1.807, 2.05) is 49.4 Å². The van der Waals surface area contributed by atoms with Crippen LogP contribution in [-0.2, 0) is 11.3 Å². The van der Waals surface area contributed by atoms with Gasteiger partial charge in [0.2, 0.25) is 11.8 Å². The van der Waals surface area contributed by atoms with E-state index in [1.54, 1.807) is 26.2 Å². The summed E-state index contributed by atoms with van der Waals surface area (Å²) in [6.07, 6.45) is 0. The van der Waals surface area contributed by atoms with Crippen LogP contribution in [0.3, 0.4) is 0 Å². The third-order valence-electron chi connectivity index (χ3n) is 4.28. The molecule has 0 atom stereocenters. The predicted molar refractivity (Wildman–Crippen MR) is 111 cm³/mol. The molecule has 3 aromatic rings. The number of thioether (sulfide) groups is 1. The lowest BCUT2D eigenvalue weighted by Gasteiger charge is -2.17. The number of ether oxygens (including phenoxy) is 2. The molecular weight excluding hydrogens is 390 g/mol. The Bertz CT molecular complexity index is 990. The number of hydrogen-bond acceptors (Lipinski definition) is 7. The zero-order chi connectivity index (χ0) is 20.8. The zero-order valence-corrected chi connectivity index (χ0v) is 17.7. The largest absolute Gasteiger partial charge is 0.493 e. The van der Waals surface area contributed by atoms with Crippen molar-refractivity contribution in [3.63, 3.8) is 0 Å². The molecule has 1 amide bonds. The summed E-state index contributed by atoms with van der Waals surface area (Å²) in [4.78, 5) is 14.1. The molecule has 7 nitrogen and oxygen atoms in total. The van der Waals surface area contributed by atoms with E-state index in [1.165, 1.54) is 11.8 Å². The minimum Gasteiger partial charge on any atom is -0.493 e. The lowest BCUT2D eigenvalue weighted by atomic mass is 10.1. The van der Waals surface area contributed by atoms with Gasteiger partial charge in [0.1, 0.15) is 0 Å². The van der Waals surface area contributed by atoms with Gasteiger partial charge in [-0.3, -0.25) is 4.79 Å². The molecule has 0 unspecified atom stereocenters. The molecule has 0 aliphatic heterocycles. The SMILES string of the molecule is COc1ccc(CN(C)C(=O)CSc2nnc(-c3cccc(C)c3)o2)cc1OC. The highest BCUT2D eigenvalue weighted by molar-refractivity contribution is 7.99. The Balaban J connectivity index is 1.57. The van der Waals surface area contributed by atoms with Crippen LogP contribution in [0.5, 0.6) is 11.5 Å². The van der Waals surface area contributed by atoms with E-state index in [0.29, 0.717) is 29.2 Å². The van der Waals surface area contributed by atoms with Crippen LogP contribution >= 0.6 is 11.8 Å². The molecule has 1 aromatic heterocycles. The van der Waals surface area contributed by atoms with Gasteiger partial charge in [0.25, 0.3) is 5.22 Å². The minimum absolute atomic E-state index is 0.0416. The average molecular weight is 413 g/mol. The fraction of sp³-hybridized carbons (Fsp3) is 0.286. The Labute approximate surface area is 174 Å². The number of carbonyl (C=O) groups excluding carboxylic acids is 1. The van der Waals surface area contributed by atoms with Gasteiger partial charge in [-0.15, -0.1) is 10.2 Å². The summed E-state index contributed by atoms with van der Waals surface area (Å²) in [5, 5.41) is 8.46. The first-order chi connectivity index (χ1) is 14.0. The van der Waals surface area contributed by atoms with Gasteiger partial charge in [-0.25, -0.2) is 0 Å². The molecule has 1 heterocycles. The van der Waals surface area contributed by atoms with Crippen molar-refractivity contribution < 1.29 is 18.7 Å². The Hall–Kier alpha value is -3.00. The first-order valence-electron chi connectivity index (χ1n) is 8.98. The number of carbonyl (C=O) groups is 1. The van der Waals surface area contributed by atoms with Crippen LogP contribution in [0.1, 0.15) is 11.1 Å². The molecule has 0 aliphatic rings. The number of aryl methyl sites for hydroxylation is 1. The Kier molecular flexibility index (Phi) is 6.77. The maximum atomic E-state index is 12.5. The number of amides is 1. The Morgan fingerprint density at radius 1 is 1.10 bits per heavy atom. The second-order valence-corrected chi connectivity index (χ2v) is 7.40. The van der Waals surface area contributed by atoms with Gasteiger partial charge in [0, 0.05) is 19.2 Å². The van der Waals surface area contributed by atoms with Gasteiger partial charge >= 0.3 is 0 Å². The van der Waals surface area contributed by atoms with Crippen LogP contribution in [-0.4, -0.2) is 48.0 Å². The fourth-order valence-corrected chi connectivity index (χ4v) is 3.44. The van der Waals surface area contributed by atoms with Crippen molar-refractivity contribution >= 4 is 17.7 Å². The van der Waals surface area contributed by atoms with Crippen molar-refractivity contribution in [3.8, 4) is 23.0 Å². The second kappa shape index (κ2) is 9.47. The summed E-state index contributed by atoms with van der Waals surface area (Å²) in [7, 11) is 4.93. The van der Waals surface area contributed by atoms with E-state index < -0.39 is 0 Å². The monoisotopic (exact) mass is 413 g/mol. The first kappa shape index (κ1) is 20.7. The van der Waals surface area contributed by atoms with Crippen molar-refractivity contribution in [2.75, 3.05) is 27.0 Å². The lowest BCUT2D eigenvalue weighted by Crippen LogP contribution is -2.27. The number of benzene rings is 2. The van der Waals surface area contributed by atoms with E-state index in [-0.39, 0.29) is 11.7 Å². The Morgan fingerprint density at radius 3 is 2.62 bits per heavy atom. The molecular formula is C21H23N3O4S. The highest BCUT2D eigenvalue weighted by Gasteiger charge is 2.15. The van der Waals surface area contributed by atoms with Gasteiger partial charge in [0.15, 0.2) is 11.5 Å². The van der Waals surface area contributed by atoms with Crippen molar-refractivity contribution in [2.24, 2.45) is 0 Å². The van der Waals surface area contributed by atoms with Gasteiger partial charge in [-0.05, 0) is 36.8 Å². The van der Waals surface area contributed by atoms with E-state index in [0.717, 1.165) is 16.7 Å². The summed E-state index contributed by atoms with van der Waals surface area (Å²) < 4.78 is 16.2. The number of hydrogen-bond donors (Lipinski definition) is 0. The van der Waals surface area contributed by atoms with Crippen LogP contribution in [0.15, 0.2) is 52.1 Å². The van der Waals surface area contributed by atoms with Crippen LogP contribution in [0, 0.1) is 6.92 Å². The molecule has 3 rings (SSSR count). The average Bonchev–Trinajstić information content (AvgIpc) is 3.21.